The van der Waals surface area contributed by atoms with Gasteiger partial charge < -0.3 is 20.4 Å². The first-order valence-electron chi connectivity index (χ1n) is 10.1. The van der Waals surface area contributed by atoms with Crippen molar-refractivity contribution in [3.8, 4) is 0 Å². The lowest BCUT2D eigenvalue weighted by Crippen LogP contribution is -2.50. The average Bonchev–Trinajstić information content (AvgIpc) is 3.16. The second-order valence-corrected chi connectivity index (χ2v) is 8.16. The number of rotatable bonds is 6. The van der Waals surface area contributed by atoms with E-state index in [4.69, 9.17) is 0 Å². The Balaban J connectivity index is 1.39. The zero-order valence-corrected chi connectivity index (χ0v) is 18.2. The minimum Gasteiger partial charge on any atom is -0.368 e. The molecule has 2 aliphatic rings. The first-order valence-corrected chi connectivity index (χ1v) is 10.9. The number of likely N-dealkylation sites (N-methyl/N-ethyl adjacent to an activating group) is 1. The second-order valence-electron chi connectivity index (χ2n) is 7.30. The number of hydrogen-bond acceptors (Lipinski definition) is 4. The highest BCUT2D eigenvalue weighted by Gasteiger charge is 2.24. The molecule has 1 aromatic rings. The van der Waals surface area contributed by atoms with Gasteiger partial charge in [-0.05, 0) is 41.0 Å². The normalized spacial score (nSPS) is 22.3. The molecule has 6 nitrogen and oxygen atoms in total. The van der Waals surface area contributed by atoms with E-state index in [2.05, 4.69) is 77.4 Å². The van der Waals surface area contributed by atoms with Gasteiger partial charge in [0, 0.05) is 69.9 Å². The number of benzene rings is 1. The standard InChI is InChI=1S/C20H33BrN6/c1-3-25-12-14-26(15-13-25)11-9-23-20(22-2)24-17-8-10-27(16-17)19-7-5-4-6-18(19)21/h4-7,17H,3,8-16H2,1-2H3,(H2,22,23,24). The maximum absolute atomic E-state index is 4.41. The molecule has 1 unspecified atom stereocenters. The number of hydrogen-bond donors (Lipinski definition) is 2. The van der Waals surface area contributed by atoms with Crippen LogP contribution in [0, 0.1) is 0 Å². The van der Waals surface area contributed by atoms with Crippen LogP contribution in [0.25, 0.3) is 0 Å². The quantitative estimate of drug-likeness (QED) is 0.526. The van der Waals surface area contributed by atoms with Crippen LogP contribution < -0.4 is 15.5 Å². The summed E-state index contributed by atoms with van der Waals surface area (Å²) in [6.07, 6.45) is 1.13. The molecule has 0 radical (unpaired) electrons. The van der Waals surface area contributed by atoms with Crippen LogP contribution in [0.5, 0.6) is 0 Å². The predicted molar refractivity (Wildman–Crippen MR) is 118 cm³/mol. The van der Waals surface area contributed by atoms with Crippen LogP contribution in [0.4, 0.5) is 5.69 Å². The largest absolute Gasteiger partial charge is 0.368 e. The fourth-order valence-corrected chi connectivity index (χ4v) is 4.39. The summed E-state index contributed by atoms with van der Waals surface area (Å²) >= 11 is 3.67. The fraction of sp³-hybridized carbons (Fsp3) is 0.650. The molecule has 2 fully saturated rings. The summed E-state index contributed by atoms with van der Waals surface area (Å²) in [6, 6.07) is 8.88. The monoisotopic (exact) mass is 436 g/mol. The highest BCUT2D eigenvalue weighted by molar-refractivity contribution is 9.10. The summed E-state index contributed by atoms with van der Waals surface area (Å²) in [4.78, 5) is 11.9. The Hall–Kier alpha value is -1.31. The smallest absolute Gasteiger partial charge is 0.191 e. The SMILES string of the molecule is CCN1CCN(CCNC(=NC)NC2CCN(c3ccccc3Br)C2)CC1. The molecule has 0 bridgehead atoms. The summed E-state index contributed by atoms with van der Waals surface area (Å²) in [7, 11) is 1.86. The van der Waals surface area contributed by atoms with E-state index >= 15 is 0 Å². The molecule has 2 aliphatic heterocycles. The fourth-order valence-electron chi connectivity index (χ4n) is 3.85. The number of guanidine groups is 1. The van der Waals surface area contributed by atoms with E-state index in [1.807, 2.05) is 7.05 Å². The van der Waals surface area contributed by atoms with Crippen molar-refractivity contribution in [2.75, 3.05) is 70.9 Å². The third-order valence-corrected chi connectivity index (χ3v) is 6.25. The maximum atomic E-state index is 4.41. The lowest BCUT2D eigenvalue weighted by Gasteiger charge is -2.34. The van der Waals surface area contributed by atoms with E-state index in [9.17, 15) is 0 Å². The van der Waals surface area contributed by atoms with E-state index in [0.717, 1.165) is 43.0 Å². The Morgan fingerprint density at radius 1 is 1.15 bits per heavy atom. The minimum absolute atomic E-state index is 0.427. The number of nitrogens with zero attached hydrogens (tertiary/aromatic N) is 4. The van der Waals surface area contributed by atoms with Gasteiger partial charge in [-0.15, -0.1) is 0 Å². The van der Waals surface area contributed by atoms with Gasteiger partial charge >= 0.3 is 0 Å². The van der Waals surface area contributed by atoms with Crippen LogP contribution in [0.3, 0.4) is 0 Å². The Bertz CT molecular complexity index is 614. The molecule has 0 saturated carbocycles. The Morgan fingerprint density at radius 3 is 2.59 bits per heavy atom. The zero-order valence-electron chi connectivity index (χ0n) is 16.6. The molecular weight excluding hydrogens is 404 g/mol. The molecule has 150 valence electrons. The maximum Gasteiger partial charge on any atom is 0.191 e. The topological polar surface area (TPSA) is 46.1 Å². The molecule has 0 spiro atoms. The Kier molecular flexibility index (Phi) is 7.79. The van der Waals surface area contributed by atoms with Gasteiger partial charge in [-0.2, -0.15) is 0 Å². The van der Waals surface area contributed by atoms with Gasteiger partial charge in [-0.25, -0.2) is 0 Å². The van der Waals surface area contributed by atoms with E-state index in [-0.39, 0.29) is 0 Å². The zero-order chi connectivity index (χ0) is 19.1. The number of para-hydroxylation sites is 1. The van der Waals surface area contributed by atoms with E-state index in [1.54, 1.807) is 0 Å². The molecule has 27 heavy (non-hydrogen) atoms. The van der Waals surface area contributed by atoms with Gasteiger partial charge in [-0.3, -0.25) is 9.89 Å². The molecule has 7 heteroatoms. The van der Waals surface area contributed by atoms with Gasteiger partial charge in [0.25, 0.3) is 0 Å². The molecule has 2 N–H and O–H groups in total. The molecule has 0 aromatic heterocycles. The van der Waals surface area contributed by atoms with Crippen LogP contribution in [0.1, 0.15) is 13.3 Å². The van der Waals surface area contributed by atoms with Crippen molar-refractivity contribution < 1.29 is 0 Å². The summed E-state index contributed by atoms with van der Waals surface area (Å²) in [5.74, 6) is 0.918. The molecule has 2 heterocycles. The summed E-state index contributed by atoms with van der Waals surface area (Å²) in [5.41, 5.74) is 1.27. The van der Waals surface area contributed by atoms with Crippen molar-refractivity contribution in [1.82, 2.24) is 20.4 Å². The predicted octanol–water partition coefficient (Wildman–Crippen LogP) is 1.83. The number of anilines is 1. The van der Waals surface area contributed by atoms with E-state index < -0.39 is 0 Å². The average molecular weight is 437 g/mol. The highest BCUT2D eigenvalue weighted by Crippen LogP contribution is 2.28. The van der Waals surface area contributed by atoms with Crippen LogP contribution in [0.2, 0.25) is 0 Å². The number of aliphatic imine (C=N–C) groups is 1. The summed E-state index contributed by atoms with van der Waals surface area (Å²) in [5, 5.41) is 7.08. The first kappa shape index (κ1) is 20.4. The molecule has 2 saturated heterocycles. The third-order valence-electron chi connectivity index (χ3n) is 5.58. The lowest BCUT2D eigenvalue weighted by molar-refractivity contribution is 0.139. The van der Waals surface area contributed by atoms with Gasteiger partial charge in [0.05, 0.1) is 5.69 Å². The van der Waals surface area contributed by atoms with Crippen molar-refractivity contribution in [3.05, 3.63) is 28.7 Å². The van der Waals surface area contributed by atoms with E-state index in [0.29, 0.717) is 6.04 Å². The van der Waals surface area contributed by atoms with Crippen molar-refractivity contribution in [1.29, 1.82) is 0 Å². The van der Waals surface area contributed by atoms with Crippen molar-refractivity contribution in [2.24, 2.45) is 4.99 Å². The second kappa shape index (κ2) is 10.3. The summed E-state index contributed by atoms with van der Waals surface area (Å²) < 4.78 is 1.16. The van der Waals surface area contributed by atoms with Gasteiger partial charge in [0.1, 0.15) is 0 Å². The highest BCUT2D eigenvalue weighted by atomic mass is 79.9. The minimum atomic E-state index is 0.427. The number of nitrogens with one attached hydrogen (secondary N) is 2. The van der Waals surface area contributed by atoms with Crippen LogP contribution in [-0.4, -0.2) is 87.8 Å². The molecule has 1 aromatic carbocycles. The van der Waals surface area contributed by atoms with Crippen molar-refractivity contribution in [2.45, 2.75) is 19.4 Å². The van der Waals surface area contributed by atoms with Gasteiger partial charge in [0.15, 0.2) is 5.96 Å². The summed E-state index contributed by atoms with van der Waals surface area (Å²) in [6.45, 7) is 12.2. The number of halogens is 1. The van der Waals surface area contributed by atoms with E-state index in [1.165, 1.54) is 38.4 Å². The molecular formula is C20H33BrN6. The molecule has 3 rings (SSSR count). The number of piperazine rings is 1. The van der Waals surface area contributed by atoms with Crippen LogP contribution >= 0.6 is 15.9 Å². The van der Waals surface area contributed by atoms with Crippen LogP contribution in [0.15, 0.2) is 33.7 Å². The first-order chi connectivity index (χ1) is 13.2. The van der Waals surface area contributed by atoms with Crippen molar-refractivity contribution >= 4 is 27.6 Å². The lowest BCUT2D eigenvalue weighted by atomic mass is 10.2. The van der Waals surface area contributed by atoms with Crippen molar-refractivity contribution in [3.63, 3.8) is 0 Å². The molecule has 1 atom stereocenters. The van der Waals surface area contributed by atoms with Gasteiger partial charge in [0.2, 0.25) is 0 Å². The molecule has 0 amide bonds. The van der Waals surface area contributed by atoms with Gasteiger partial charge in [-0.1, -0.05) is 19.1 Å². The third kappa shape index (κ3) is 5.83. The molecule has 0 aliphatic carbocycles. The Morgan fingerprint density at radius 2 is 1.89 bits per heavy atom. The van der Waals surface area contributed by atoms with Crippen LogP contribution in [-0.2, 0) is 0 Å². The Labute approximate surface area is 172 Å².